The number of cyclic esters (lactones) is 1. The molecule has 1 aliphatic heterocycles. The first kappa shape index (κ1) is 27.9. The monoisotopic (exact) mass is 506 g/mol. The fourth-order valence-electron chi connectivity index (χ4n) is 5.13. The Labute approximate surface area is 218 Å². The summed E-state index contributed by atoms with van der Waals surface area (Å²) in [5.74, 6) is 0.787. The van der Waals surface area contributed by atoms with E-state index < -0.39 is 8.32 Å². The van der Waals surface area contributed by atoms with Gasteiger partial charge in [-0.3, -0.25) is 0 Å². The average molecular weight is 507 g/mol. The van der Waals surface area contributed by atoms with E-state index in [4.69, 9.17) is 13.9 Å². The summed E-state index contributed by atoms with van der Waals surface area (Å²) >= 11 is 0. The maximum absolute atomic E-state index is 11.9. The number of benzene rings is 2. The molecule has 0 bridgehead atoms. The average Bonchev–Trinajstić information content (AvgIpc) is 3.11. The van der Waals surface area contributed by atoms with E-state index in [-0.39, 0.29) is 17.1 Å². The molecule has 2 aromatic carbocycles. The van der Waals surface area contributed by atoms with Gasteiger partial charge < -0.3 is 13.9 Å². The van der Waals surface area contributed by atoms with Crippen molar-refractivity contribution in [2.75, 3.05) is 13.7 Å². The first-order valence-electron chi connectivity index (χ1n) is 13.0. The zero-order valence-corrected chi connectivity index (χ0v) is 24.0. The summed E-state index contributed by atoms with van der Waals surface area (Å²) in [5, 5.41) is 2.61. The molecule has 3 rings (SSSR count). The number of allylic oxidation sites excluding steroid dienone is 1. The lowest BCUT2D eigenvalue weighted by Crippen LogP contribution is -2.66. The lowest BCUT2D eigenvalue weighted by Gasteiger charge is -2.43. The van der Waals surface area contributed by atoms with E-state index >= 15 is 0 Å². The van der Waals surface area contributed by atoms with E-state index in [2.05, 4.69) is 101 Å². The van der Waals surface area contributed by atoms with Crippen LogP contribution >= 0.6 is 0 Å². The fraction of sp³-hybridized carbons (Fsp3) is 0.452. The smallest absolute Gasteiger partial charge is 0.338 e. The van der Waals surface area contributed by atoms with E-state index in [9.17, 15) is 4.79 Å². The highest BCUT2D eigenvalue weighted by Crippen LogP contribution is 2.37. The van der Waals surface area contributed by atoms with Crippen LogP contribution in [-0.2, 0) is 18.7 Å². The van der Waals surface area contributed by atoms with Crippen molar-refractivity contribution < 1.29 is 18.7 Å². The zero-order valence-electron chi connectivity index (χ0n) is 23.0. The summed E-state index contributed by atoms with van der Waals surface area (Å²) in [6.45, 7) is 13.8. The number of esters is 1. The number of hydrogen-bond donors (Lipinski definition) is 0. The third-order valence-corrected chi connectivity index (χ3v) is 12.1. The van der Waals surface area contributed by atoms with Crippen LogP contribution in [-0.4, -0.2) is 34.1 Å². The molecule has 0 aromatic heterocycles. The second kappa shape index (κ2) is 12.1. The molecule has 0 amide bonds. The van der Waals surface area contributed by atoms with Gasteiger partial charge in [0, 0.05) is 13.0 Å². The molecule has 1 aliphatic rings. The van der Waals surface area contributed by atoms with Gasteiger partial charge in [-0.25, -0.2) is 4.79 Å². The van der Waals surface area contributed by atoms with Gasteiger partial charge >= 0.3 is 5.97 Å². The minimum atomic E-state index is -2.51. The quantitative estimate of drug-likeness (QED) is 0.208. The number of rotatable bonds is 11. The normalized spacial score (nSPS) is 17.8. The number of ether oxygens (including phenoxy) is 2. The second-order valence-corrected chi connectivity index (χ2v) is 15.3. The van der Waals surface area contributed by atoms with Crippen molar-refractivity contribution in [1.82, 2.24) is 0 Å². The minimum Gasteiger partial charge on any atom is -0.497 e. The Balaban J connectivity index is 1.68. The van der Waals surface area contributed by atoms with Gasteiger partial charge in [-0.2, -0.15) is 0 Å². The molecule has 194 valence electrons. The van der Waals surface area contributed by atoms with Crippen LogP contribution in [0.1, 0.15) is 60.8 Å². The van der Waals surface area contributed by atoms with Crippen LogP contribution in [0, 0.1) is 5.92 Å². The highest BCUT2D eigenvalue weighted by molar-refractivity contribution is 6.99. The van der Waals surface area contributed by atoms with Crippen molar-refractivity contribution in [3.05, 3.63) is 83.6 Å². The Morgan fingerprint density at radius 3 is 2.11 bits per heavy atom. The first-order valence-corrected chi connectivity index (χ1v) is 14.9. The van der Waals surface area contributed by atoms with Crippen LogP contribution < -0.4 is 10.4 Å². The SMILES string of the molecule is COC1=C(C)C(=O)OC1C/C(C)=C/CCC(C)CO[Si](c1ccccc1)(c1ccccc1)C(C)(C)C. The first-order chi connectivity index (χ1) is 17.1. The summed E-state index contributed by atoms with van der Waals surface area (Å²) in [6, 6.07) is 21.6. The highest BCUT2D eigenvalue weighted by atomic mass is 28.4. The summed E-state index contributed by atoms with van der Waals surface area (Å²) in [6.07, 6.45) is 4.61. The largest absolute Gasteiger partial charge is 0.497 e. The lowest BCUT2D eigenvalue weighted by atomic mass is 10.0. The van der Waals surface area contributed by atoms with Crippen LogP contribution in [0.15, 0.2) is 83.6 Å². The van der Waals surface area contributed by atoms with Crippen molar-refractivity contribution >= 4 is 24.7 Å². The van der Waals surface area contributed by atoms with Crippen molar-refractivity contribution in [3.63, 3.8) is 0 Å². The molecular weight excluding hydrogens is 464 g/mol. The minimum absolute atomic E-state index is 0.0185. The maximum Gasteiger partial charge on any atom is 0.338 e. The summed E-state index contributed by atoms with van der Waals surface area (Å²) in [5.41, 5.74) is 1.78. The van der Waals surface area contributed by atoms with E-state index in [0.29, 0.717) is 23.7 Å². The molecule has 0 radical (unpaired) electrons. The summed E-state index contributed by atoms with van der Waals surface area (Å²) in [4.78, 5) is 11.9. The Hall–Kier alpha value is -2.63. The van der Waals surface area contributed by atoms with Gasteiger partial charge in [0.05, 0.1) is 12.7 Å². The molecule has 2 aromatic rings. The van der Waals surface area contributed by atoms with Crippen molar-refractivity contribution in [2.24, 2.45) is 5.92 Å². The molecule has 0 saturated heterocycles. The van der Waals surface area contributed by atoms with Crippen molar-refractivity contribution in [3.8, 4) is 0 Å². The van der Waals surface area contributed by atoms with Crippen LogP contribution in [0.5, 0.6) is 0 Å². The molecule has 2 unspecified atom stereocenters. The number of carbonyl (C=O) groups excluding carboxylic acids is 1. The molecule has 5 heteroatoms. The number of carbonyl (C=O) groups is 1. The number of methoxy groups -OCH3 is 1. The van der Waals surface area contributed by atoms with E-state index in [1.54, 1.807) is 14.0 Å². The molecule has 2 atom stereocenters. The summed E-state index contributed by atoms with van der Waals surface area (Å²) < 4.78 is 18.0. The third-order valence-electron chi connectivity index (χ3n) is 7.10. The topological polar surface area (TPSA) is 44.8 Å². The van der Waals surface area contributed by atoms with Crippen LogP contribution in [0.4, 0.5) is 0 Å². The maximum atomic E-state index is 11.9. The van der Waals surface area contributed by atoms with Gasteiger partial charge in [0.2, 0.25) is 0 Å². The van der Waals surface area contributed by atoms with Gasteiger partial charge in [-0.05, 0) is 48.0 Å². The van der Waals surface area contributed by atoms with E-state index in [1.807, 2.05) is 0 Å². The van der Waals surface area contributed by atoms with E-state index in [0.717, 1.165) is 19.4 Å². The summed E-state index contributed by atoms with van der Waals surface area (Å²) in [7, 11) is -0.908. The van der Waals surface area contributed by atoms with Gasteiger partial charge in [0.25, 0.3) is 8.32 Å². The molecule has 0 aliphatic carbocycles. The molecule has 1 heterocycles. The van der Waals surface area contributed by atoms with Gasteiger partial charge in [0.15, 0.2) is 6.10 Å². The van der Waals surface area contributed by atoms with Crippen molar-refractivity contribution in [1.29, 1.82) is 0 Å². The Morgan fingerprint density at radius 2 is 1.61 bits per heavy atom. The second-order valence-electron chi connectivity index (χ2n) is 11.0. The Bertz CT molecular complexity index is 1030. The predicted octanol–water partition coefficient (Wildman–Crippen LogP) is 6.16. The molecule has 0 N–H and O–H groups in total. The molecule has 36 heavy (non-hydrogen) atoms. The van der Waals surface area contributed by atoms with Crippen LogP contribution in [0.25, 0.3) is 0 Å². The van der Waals surface area contributed by atoms with Gasteiger partial charge in [-0.15, -0.1) is 0 Å². The Kier molecular flexibility index (Phi) is 9.37. The molecular formula is C31H42O4Si. The molecule has 4 nitrogen and oxygen atoms in total. The number of hydrogen-bond acceptors (Lipinski definition) is 4. The van der Waals surface area contributed by atoms with Crippen LogP contribution in [0.3, 0.4) is 0 Å². The van der Waals surface area contributed by atoms with E-state index in [1.165, 1.54) is 15.9 Å². The predicted molar refractivity (Wildman–Crippen MR) is 150 cm³/mol. The fourth-order valence-corrected chi connectivity index (χ4v) is 9.82. The lowest BCUT2D eigenvalue weighted by molar-refractivity contribution is -0.140. The molecule has 0 fully saturated rings. The zero-order chi connectivity index (χ0) is 26.3. The Morgan fingerprint density at radius 1 is 1.06 bits per heavy atom. The van der Waals surface area contributed by atoms with Crippen molar-refractivity contribution in [2.45, 2.75) is 71.9 Å². The third kappa shape index (κ3) is 6.19. The van der Waals surface area contributed by atoms with Gasteiger partial charge in [-0.1, -0.05) is 100 Å². The van der Waals surface area contributed by atoms with Gasteiger partial charge in [0.1, 0.15) is 5.76 Å². The standard InChI is InChI=1S/C31H42O4Si/c1-23(21-28-29(33-7)25(3)30(32)35-28)15-14-16-24(2)22-34-36(31(4,5)6,26-17-10-8-11-18-26)27-19-12-9-13-20-27/h8-13,15,17-20,24,28H,14,16,21-22H2,1-7H3/b23-15+. The highest BCUT2D eigenvalue weighted by Gasteiger charge is 2.50. The van der Waals surface area contributed by atoms with Crippen LogP contribution in [0.2, 0.25) is 5.04 Å². The molecule has 0 saturated carbocycles. The molecule has 0 spiro atoms.